The van der Waals surface area contributed by atoms with Crippen molar-refractivity contribution in [3.63, 3.8) is 0 Å². The molecule has 0 fully saturated rings. The second-order valence-corrected chi connectivity index (χ2v) is 2.69. The lowest BCUT2D eigenvalue weighted by Gasteiger charge is -2.03. The number of hydrogen-bond acceptors (Lipinski definition) is 6. The van der Waals surface area contributed by atoms with Crippen molar-refractivity contribution in [1.29, 1.82) is 0 Å². The summed E-state index contributed by atoms with van der Waals surface area (Å²) in [6.45, 7) is 1.05. The molecule has 0 aliphatic rings. The molecule has 2 heterocycles. The van der Waals surface area contributed by atoms with E-state index in [1.54, 1.807) is 0 Å². The lowest BCUT2D eigenvalue weighted by atomic mass is 10.6. The van der Waals surface area contributed by atoms with Crippen molar-refractivity contribution in [2.75, 3.05) is 11.9 Å². The molecule has 0 radical (unpaired) electrons. The SMILES string of the molecule is Fc1cncc(NCCn2ncnn2)n1. The molecule has 0 saturated heterocycles. The van der Waals surface area contributed by atoms with Crippen LogP contribution in [-0.2, 0) is 6.54 Å². The Bertz CT molecular complexity index is 415. The fourth-order valence-electron chi connectivity index (χ4n) is 1.00. The molecule has 0 atom stereocenters. The van der Waals surface area contributed by atoms with Gasteiger partial charge in [-0.2, -0.15) is 14.2 Å². The average Bonchev–Trinajstić information content (AvgIpc) is 2.71. The molecule has 2 aromatic heterocycles. The Balaban J connectivity index is 1.83. The highest BCUT2D eigenvalue weighted by molar-refractivity contribution is 5.29. The average molecular weight is 209 g/mol. The zero-order chi connectivity index (χ0) is 10.5. The minimum absolute atomic E-state index is 0.384. The molecule has 7 nitrogen and oxygen atoms in total. The summed E-state index contributed by atoms with van der Waals surface area (Å²) in [5.74, 6) is -0.228. The van der Waals surface area contributed by atoms with Gasteiger partial charge in [-0.25, -0.2) is 0 Å². The summed E-state index contributed by atoms with van der Waals surface area (Å²) < 4.78 is 12.6. The maximum absolute atomic E-state index is 12.6. The summed E-state index contributed by atoms with van der Waals surface area (Å²) in [6.07, 6.45) is 3.84. The summed E-state index contributed by atoms with van der Waals surface area (Å²) >= 11 is 0. The van der Waals surface area contributed by atoms with Crippen molar-refractivity contribution in [3.05, 3.63) is 24.7 Å². The number of tetrazole rings is 1. The molecule has 0 bridgehead atoms. The van der Waals surface area contributed by atoms with Gasteiger partial charge in [0.15, 0.2) is 6.33 Å². The number of aromatic nitrogens is 6. The fraction of sp³-hybridized carbons (Fsp3) is 0.286. The van der Waals surface area contributed by atoms with Crippen LogP contribution in [0.3, 0.4) is 0 Å². The van der Waals surface area contributed by atoms with Gasteiger partial charge in [0.2, 0.25) is 5.95 Å². The Labute approximate surface area is 84.4 Å². The molecule has 0 unspecified atom stereocenters. The minimum atomic E-state index is -0.612. The van der Waals surface area contributed by atoms with Gasteiger partial charge in [0.1, 0.15) is 5.82 Å². The van der Waals surface area contributed by atoms with Gasteiger partial charge in [0.25, 0.3) is 0 Å². The Kier molecular flexibility index (Phi) is 2.77. The largest absolute Gasteiger partial charge is 0.367 e. The summed E-state index contributed by atoms with van der Waals surface area (Å²) in [5, 5.41) is 13.9. The number of rotatable bonds is 4. The minimum Gasteiger partial charge on any atom is -0.367 e. The van der Waals surface area contributed by atoms with Crippen molar-refractivity contribution < 1.29 is 4.39 Å². The van der Waals surface area contributed by atoms with Crippen LogP contribution in [0, 0.1) is 5.95 Å². The van der Waals surface area contributed by atoms with Crippen LogP contribution in [0.2, 0.25) is 0 Å². The number of nitrogens with zero attached hydrogens (tertiary/aromatic N) is 6. The van der Waals surface area contributed by atoms with E-state index in [9.17, 15) is 4.39 Å². The monoisotopic (exact) mass is 209 g/mol. The Morgan fingerprint density at radius 2 is 2.33 bits per heavy atom. The molecule has 0 aliphatic carbocycles. The van der Waals surface area contributed by atoms with Crippen LogP contribution in [0.25, 0.3) is 0 Å². The second kappa shape index (κ2) is 4.40. The van der Waals surface area contributed by atoms with Gasteiger partial charge >= 0.3 is 0 Å². The third kappa shape index (κ3) is 2.66. The summed E-state index contributed by atoms with van der Waals surface area (Å²) in [4.78, 5) is 8.65. The molecule has 1 N–H and O–H groups in total. The summed E-state index contributed by atoms with van der Waals surface area (Å²) in [5.41, 5.74) is 0. The Morgan fingerprint density at radius 1 is 1.40 bits per heavy atom. The van der Waals surface area contributed by atoms with Gasteiger partial charge in [-0.3, -0.25) is 4.98 Å². The van der Waals surface area contributed by atoms with Crippen LogP contribution in [-0.4, -0.2) is 36.7 Å². The molecule has 15 heavy (non-hydrogen) atoms. The van der Waals surface area contributed by atoms with E-state index in [1.807, 2.05) is 0 Å². The van der Waals surface area contributed by atoms with Gasteiger partial charge in [-0.15, -0.1) is 10.2 Å². The van der Waals surface area contributed by atoms with Crippen molar-refractivity contribution in [3.8, 4) is 0 Å². The van der Waals surface area contributed by atoms with E-state index in [0.29, 0.717) is 18.9 Å². The van der Waals surface area contributed by atoms with Crippen LogP contribution in [0.5, 0.6) is 0 Å². The van der Waals surface area contributed by atoms with E-state index in [0.717, 1.165) is 6.20 Å². The number of nitrogens with one attached hydrogen (secondary N) is 1. The van der Waals surface area contributed by atoms with E-state index < -0.39 is 5.95 Å². The van der Waals surface area contributed by atoms with Crippen molar-refractivity contribution in [2.24, 2.45) is 0 Å². The van der Waals surface area contributed by atoms with E-state index in [4.69, 9.17) is 0 Å². The van der Waals surface area contributed by atoms with Gasteiger partial charge in [-0.05, 0) is 5.21 Å². The van der Waals surface area contributed by atoms with Gasteiger partial charge in [0, 0.05) is 6.54 Å². The topological polar surface area (TPSA) is 81.4 Å². The van der Waals surface area contributed by atoms with Crippen molar-refractivity contribution in [1.82, 2.24) is 30.2 Å². The maximum atomic E-state index is 12.6. The first kappa shape index (κ1) is 9.44. The van der Waals surface area contributed by atoms with Crippen molar-refractivity contribution in [2.45, 2.75) is 6.54 Å². The highest BCUT2D eigenvalue weighted by Crippen LogP contribution is 1.99. The highest BCUT2D eigenvalue weighted by atomic mass is 19.1. The molecule has 0 aliphatic heterocycles. The number of halogens is 1. The Morgan fingerprint density at radius 3 is 3.07 bits per heavy atom. The van der Waals surface area contributed by atoms with Crippen LogP contribution in [0.15, 0.2) is 18.7 Å². The third-order valence-corrected chi connectivity index (χ3v) is 1.61. The first-order valence-electron chi connectivity index (χ1n) is 4.27. The van der Waals surface area contributed by atoms with E-state index in [-0.39, 0.29) is 0 Å². The highest BCUT2D eigenvalue weighted by Gasteiger charge is 1.97. The smallest absolute Gasteiger partial charge is 0.233 e. The molecule has 0 aromatic carbocycles. The van der Waals surface area contributed by atoms with Crippen LogP contribution in [0.4, 0.5) is 10.2 Å². The zero-order valence-electron chi connectivity index (χ0n) is 7.71. The summed E-state index contributed by atoms with van der Waals surface area (Å²) in [7, 11) is 0. The standard InChI is InChI=1S/C7H8FN7/c8-6-3-9-4-7(13-6)10-1-2-15-12-5-11-14-15/h3-5H,1-2H2,(H,10,13). The number of anilines is 1. The molecule has 2 aromatic rings. The normalized spacial score (nSPS) is 10.2. The molecule has 0 spiro atoms. The van der Waals surface area contributed by atoms with Gasteiger partial charge in [-0.1, -0.05) is 0 Å². The summed E-state index contributed by atoms with van der Waals surface area (Å²) in [6, 6.07) is 0. The lowest BCUT2D eigenvalue weighted by Crippen LogP contribution is -2.13. The van der Waals surface area contributed by atoms with Crippen LogP contribution < -0.4 is 5.32 Å². The van der Waals surface area contributed by atoms with Gasteiger partial charge < -0.3 is 5.32 Å². The second-order valence-electron chi connectivity index (χ2n) is 2.69. The molecule has 78 valence electrons. The molecule has 0 amide bonds. The predicted molar refractivity (Wildman–Crippen MR) is 48.3 cm³/mol. The molecular formula is C7H8FN7. The quantitative estimate of drug-likeness (QED) is 0.745. The van der Waals surface area contributed by atoms with E-state index in [2.05, 4.69) is 30.7 Å². The first-order chi connectivity index (χ1) is 7.34. The predicted octanol–water partition coefficient (Wildman–Crippen LogP) is -0.286. The zero-order valence-corrected chi connectivity index (χ0v) is 7.71. The third-order valence-electron chi connectivity index (χ3n) is 1.61. The maximum Gasteiger partial charge on any atom is 0.233 e. The van der Waals surface area contributed by atoms with Crippen LogP contribution in [0.1, 0.15) is 0 Å². The lowest BCUT2D eigenvalue weighted by molar-refractivity contribution is 0.536. The Hall–Kier alpha value is -2.12. The van der Waals surface area contributed by atoms with E-state index in [1.165, 1.54) is 17.3 Å². The van der Waals surface area contributed by atoms with Gasteiger partial charge in [0.05, 0.1) is 18.9 Å². The molecule has 2 rings (SSSR count). The molecule has 8 heteroatoms. The number of hydrogen-bond donors (Lipinski definition) is 1. The first-order valence-corrected chi connectivity index (χ1v) is 4.27. The molecular weight excluding hydrogens is 201 g/mol. The fourth-order valence-corrected chi connectivity index (χ4v) is 1.00. The molecule has 0 saturated carbocycles. The van der Waals surface area contributed by atoms with Crippen LogP contribution >= 0.6 is 0 Å². The van der Waals surface area contributed by atoms with E-state index >= 15 is 0 Å². The van der Waals surface area contributed by atoms with Crippen molar-refractivity contribution >= 4 is 5.82 Å².